The monoisotopic (exact) mass is 308 g/mol. The van der Waals surface area contributed by atoms with E-state index in [1.165, 1.54) is 0 Å². The molecule has 1 aliphatic heterocycles. The normalized spacial score (nSPS) is 17.6. The van der Waals surface area contributed by atoms with Crippen LogP contribution in [0.5, 0.6) is 0 Å². The Balaban J connectivity index is 1.61. The van der Waals surface area contributed by atoms with E-state index >= 15 is 0 Å². The summed E-state index contributed by atoms with van der Waals surface area (Å²) in [6.45, 7) is 4.52. The summed E-state index contributed by atoms with van der Waals surface area (Å²) in [5.41, 5.74) is 2.33. The number of imidazole rings is 1. The van der Waals surface area contributed by atoms with Crippen molar-refractivity contribution in [2.24, 2.45) is 0 Å². The van der Waals surface area contributed by atoms with Crippen molar-refractivity contribution < 1.29 is 9.32 Å². The molecule has 0 bridgehead atoms. The number of carbonyl (C=O) groups is 1. The van der Waals surface area contributed by atoms with Gasteiger partial charge in [0.25, 0.3) is 0 Å². The largest absolute Gasteiger partial charge is 0.351 e. The van der Waals surface area contributed by atoms with E-state index < -0.39 is 0 Å². The van der Waals surface area contributed by atoms with Crippen molar-refractivity contribution >= 4 is 17.5 Å². The van der Waals surface area contributed by atoms with Crippen LogP contribution in [0.2, 0.25) is 5.22 Å². The van der Waals surface area contributed by atoms with Gasteiger partial charge in [-0.2, -0.15) is 0 Å². The molecule has 1 N–H and O–H groups in total. The van der Waals surface area contributed by atoms with Gasteiger partial charge in [-0.05, 0) is 31.9 Å². The number of halogens is 1. The Kier molecular flexibility index (Phi) is 3.71. The molecule has 0 saturated heterocycles. The second-order valence-electron chi connectivity index (χ2n) is 5.45. The van der Waals surface area contributed by atoms with E-state index in [2.05, 4.69) is 20.0 Å². The van der Waals surface area contributed by atoms with Gasteiger partial charge in [0.2, 0.25) is 11.1 Å². The molecule has 0 radical (unpaired) electrons. The van der Waals surface area contributed by atoms with E-state index in [4.69, 9.17) is 16.1 Å². The van der Waals surface area contributed by atoms with Crippen molar-refractivity contribution in [3.8, 4) is 0 Å². The molecule has 2 aromatic rings. The fraction of sp³-hybridized carbons (Fsp3) is 0.500. The van der Waals surface area contributed by atoms with Gasteiger partial charge in [0, 0.05) is 30.8 Å². The quantitative estimate of drug-likeness (QED) is 0.938. The van der Waals surface area contributed by atoms with Crippen LogP contribution in [0, 0.1) is 13.8 Å². The number of aryl methyl sites for hydroxylation is 3. The Labute approximate surface area is 127 Å². The summed E-state index contributed by atoms with van der Waals surface area (Å²) < 4.78 is 6.97. The fourth-order valence-electron chi connectivity index (χ4n) is 2.70. The molecule has 2 aromatic heterocycles. The average Bonchev–Trinajstić information content (AvgIpc) is 2.94. The second-order valence-corrected chi connectivity index (χ2v) is 5.79. The van der Waals surface area contributed by atoms with Crippen LogP contribution in [0.1, 0.15) is 29.2 Å². The third-order valence-electron chi connectivity index (χ3n) is 3.75. The van der Waals surface area contributed by atoms with Crippen LogP contribution in [0.15, 0.2) is 10.7 Å². The predicted octanol–water partition coefficient (Wildman–Crippen LogP) is 1.82. The molecule has 1 aliphatic rings. The van der Waals surface area contributed by atoms with Crippen molar-refractivity contribution in [1.82, 2.24) is 20.0 Å². The van der Waals surface area contributed by atoms with Gasteiger partial charge in [0.1, 0.15) is 5.82 Å². The third kappa shape index (κ3) is 2.95. The molecule has 3 heterocycles. The summed E-state index contributed by atoms with van der Waals surface area (Å²) in [5.74, 6) is 1.03. The summed E-state index contributed by atoms with van der Waals surface area (Å²) in [5, 5.41) is 6.99. The highest BCUT2D eigenvalue weighted by atomic mass is 35.5. The van der Waals surface area contributed by atoms with Crippen LogP contribution in [-0.4, -0.2) is 26.7 Å². The summed E-state index contributed by atoms with van der Waals surface area (Å²) in [6, 6.07) is 0.123. The molecule has 0 saturated carbocycles. The molecule has 0 aliphatic carbocycles. The predicted molar refractivity (Wildman–Crippen MR) is 77.2 cm³/mol. The van der Waals surface area contributed by atoms with E-state index in [-0.39, 0.29) is 23.6 Å². The topological polar surface area (TPSA) is 73.0 Å². The molecule has 6 nitrogen and oxygen atoms in total. The van der Waals surface area contributed by atoms with Crippen molar-refractivity contribution in [2.45, 2.75) is 45.7 Å². The first-order valence-corrected chi connectivity index (χ1v) is 7.33. The van der Waals surface area contributed by atoms with Crippen molar-refractivity contribution in [3.63, 3.8) is 0 Å². The first-order chi connectivity index (χ1) is 10.0. The second kappa shape index (κ2) is 5.52. The minimum Gasteiger partial charge on any atom is -0.351 e. The minimum absolute atomic E-state index is 0.0616. The maximum atomic E-state index is 12.1. The third-order valence-corrected chi connectivity index (χ3v) is 4.05. The number of carbonyl (C=O) groups excluding carboxylic acids is 1. The van der Waals surface area contributed by atoms with Gasteiger partial charge >= 0.3 is 0 Å². The van der Waals surface area contributed by atoms with E-state index in [1.54, 1.807) is 6.92 Å². The molecule has 0 aromatic carbocycles. The Hall–Kier alpha value is -1.82. The first-order valence-electron chi connectivity index (χ1n) is 6.95. The van der Waals surface area contributed by atoms with Crippen LogP contribution >= 0.6 is 11.6 Å². The molecule has 3 rings (SSSR count). The van der Waals surface area contributed by atoms with Gasteiger partial charge in [0.15, 0.2) is 0 Å². The number of nitrogens with one attached hydrogen (secondary N) is 1. The highest BCUT2D eigenvalue weighted by molar-refractivity contribution is 6.29. The average molecular weight is 309 g/mol. The molecule has 1 atom stereocenters. The summed E-state index contributed by atoms with van der Waals surface area (Å²) in [6.07, 6.45) is 4.00. The van der Waals surface area contributed by atoms with Crippen molar-refractivity contribution in [2.75, 3.05) is 0 Å². The number of rotatable bonds is 3. The lowest BCUT2D eigenvalue weighted by Crippen LogP contribution is -2.41. The lowest BCUT2D eigenvalue weighted by atomic mass is 10.1. The maximum Gasteiger partial charge on any atom is 0.229 e. The fourth-order valence-corrected chi connectivity index (χ4v) is 2.94. The standard InChI is InChI=1S/C14H17ClN4O2/c1-8-6-19-7-10(3-4-12(19)16-8)17-13(20)5-11-9(2)18-21-14(11)15/h6,10H,3-5,7H2,1-2H3,(H,17,20)/t10-/m0/s1. The van der Waals surface area contributed by atoms with Crippen molar-refractivity contribution in [1.29, 1.82) is 0 Å². The SMILES string of the molecule is Cc1cn2c(n1)CC[C@H](NC(=O)Cc1c(C)noc1Cl)C2. The van der Waals surface area contributed by atoms with Crippen LogP contribution in [0.4, 0.5) is 0 Å². The van der Waals surface area contributed by atoms with Gasteiger partial charge < -0.3 is 14.4 Å². The molecule has 0 spiro atoms. The van der Waals surface area contributed by atoms with Gasteiger partial charge in [-0.3, -0.25) is 4.79 Å². The zero-order chi connectivity index (χ0) is 15.0. The zero-order valence-corrected chi connectivity index (χ0v) is 12.8. The molecule has 1 amide bonds. The Morgan fingerprint density at radius 1 is 1.57 bits per heavy atom. The number of nitrogens with zero attached hydrogens (tertiary/aromatic N) is 3. The number of hydrogen-bond donors (Lipinski definition) is 1. The number of hydrogen-bond acceptors (Lipinski definition) is 4. The van der Waals surface area contributed by atoms with Gasteiger partial charge in [0.05, 0.1) is 17.8 Å². The van der Waals surface area contributed by atoms with Crippen LogP contribution in [0.3, 0.4) is 0 Å². The molecule has 0 unspecified atom stereocenters. The van der Waals surface area contributed by atoms with Crippen LogP contribution < -0.4 is 5.32 Å². The Bertz CT molecular complexity index is 657. The number of fused-ring (bicyclic) bond motifs is 1. The molecule has 7 heteroatoms. The lowest BCUT2D eigenvalue weighted by molar-refractivity contribution is -0.121. The summed E-state index contributed by atoms with van der Waals surface area (Å²) in [4.78, 5) is 16.6. The summed E-state index contributed by atoms with van der Waals surface area (Å²) in [7, 11) is 0. The number of aromatic nitrogens is 3. The highest BCUT2D eigenvalue weighted by Gasteiger charge is 2.22. The van der Waals surface area contributed by atoms with Crippen LogP contribution in [-0.2, 0) is 24.2 Å². The van der Waals surface area contributed by atoms with E-state index in [0.717, 1.165) is 30.9 Å². The van der Waals surface area contributed by atoms with E-state index in [9.17, 15) is 4.79 Å². The highest BCUT2D eigenvalue weighted by Crippen LogP contribution is 2.20. The smallest absolute Gasteiger partial charge is 0.229 e. The molecule has 21 heavy (non-hydrogen) atoms. The molecule has 0 fully saturated rings. The zero-order valence-electron chi connectivity index (χ0n) is 12.0. The van der Waals surface area contributed by atoms with Crippen molar-refractivity contribution in [3.05, 3.63) is 34.2 Å². The lowest BCUT2D eigenvalue weighted by Gasteiger charge is -2.24. The minimum atomic E-state index is -0.0616. The maximum absolute atomic E-state index is 12.1. The molecule has 112 valence electrons. The number of amides is 1. The van der Waals surface area contributed by atoms with Gasteiger partial charge in [-0.25, -0.2) is 4.98 Å². The summed E-state index contributed by atoms with van der Waals surface area (Å²) >= 11 is 5.88. The Morgan fingerprint density at radius 2 is 2.38 bits per heavy atom. The van der Waals surface area contributed by atoms with E-state index in [1.807, 2.05) is 13.1 Å². The first kappa shape index (κ1) is 14.1. The Morgan fingerprint density at radius 3 is 3.10 bits per heavy atom. The molecular weight excluding hydrogens is 292 g/mol. The van der Waals surface area contributed by atoms with E-state index in [0.29, 0.717) is 11.3 Å². The van der Waals surface area contributed by atoms with Crippen LogP contribution in [0.25, 0.3) is 0 Å². The van der Waals surface area contributed by atoms with Gasteiger partial charge in [-0.15, -0.1) is 0 Å². The molecular formula is C14H17ClN4O2. The van der Waals surface area contributed by atoms with Gasteiger partial charge in [-0.1, -0.05) is 5.16 Å².